The Bertz CT molecular complexity index is 5440. The van der Waals surface area contributed by atoms with Crippen LogP contribution >= 0.6 is 11.8 Å². The zero-order valence-corrected chi connectivity index (χ0v) is 80.4. The minimum atomic E-state index is -1.78. The molecule has 37 heteroatoms. The number of benzene rings is 6. The molecule has 36 nitrogen and oxygen atoms in total. The van der Waals surface area contributed by atoms with Gasteiger partial charge in [0.2, 0.25) is 35.4 Å². The predicted octanol–water partition coefficient (Wildman–Crippen LogP) is 8.71. The maximum absolute atomic E-state index is 15.2. The van der Waals surface area contributed by atoms with Crippen LogP contribution in [0.5, 0.6) is 23.0 Å². The Labute approximate surface area is 811 Å². The molecule has 15 rings (SSSR count). The maximum Gasteiger partial charge on any atom is 0.416 e. The molecule has 10 amide bonds. The molecule has 7 atom stereocenters. The lowest BCUT2D eigenvalue weighted by Crippen LogP contribution is -2.53. The van der Waals surface area contributed by atoms with Crippen molar-refractivity contribution in [3.63, 3.8) is 0 Å². The summed E-state index contributed by atoms with van der Waals surface area (Å²) in [5.74, 6) is -2.86. The average Bonchev–Trinajstić information content (AvgIpc) is 1.60. The van der Waals surface area contributed by atoms with E-state index in [0.29, 0.717) is 115 Å². The number of amides is 10. The van der Waals surface area contributed by atoms with Crippen LogP contribution in [0.1, 0.15) is 164 Å². The van der Waals surface area contributed by atoms with Gasteiger partial charge in [0.15, 0.2) is 35.5 Å². The first-order valence-electron chi connectivity index (χ1n) is 47.2. The predicted molar refractivity (Wildman–Crippen MR) is 516 cm³/mol. The lowest BCUT2D eigenvalue weighted by molar-refractivity contribution is -0.139. The number of aliphatic hydroxyl groups is 2. The number of hydrogen-bond donors (Lipinski definition) is 8. The highest BCUT2D eigenvalue weighted by Crippen LogP contribution is 2.44. The Balaban J connectivity index is 0.697. The Morgan fingerprint density at radius 1 is 0.547 bits per heavy atom. The van der Waals surface area contributed by atoms with Crippen LogP contribution in [0.2, 0.25) is 0 Å². The van der Waals surface area contributed by atoms with E-state index in [1.54, 1.807) is 143 Å². The molecule has 8 N–H and O–H groups in total. The van der Waals surface area contributed by atoms with Gasteiger partial charge in [0.05, 0.1) is 107 Å². The highest BCUT2D eigenvalue weighted by Gasteiger charge is 2.48. The second-order valence-electron chi connectivity index (χ2n) is 35.2. The van der Waals surface area contributed by atoms with Crippen LogP contribution in [-0.2, 0) is 97.7 Å². The number of hydrogen-bond acceptors (Lipinski definition) is 28. The number of fused-ring (bicyclic) bond motifs is 2. The van der Waals surface area contributed by atoms with Crippen molar-refractivity contribution in [2.45, 2.75) is 179 Å². The minimum absolute atomic E-state index is 0.0245. The molecule has 0 radical (unpaired) electrons. The van der Waals surface area contributed by atoms with Gasteiger partial charge < -0.3 is 94.5 Å². The van der Waals surface area contributed by atoms with Crippen LogP contribution in [0, 0.1) is 12.8 Å². The molecule has 9 aliphatic heterocycles. The van der Waals surface area contributed by atoms with Gasteiger partial charge in [-0.2, -0.15) is 11.8 Å². The summed E-state index contributed by atoms with van der Waals surface area (Å²) in [6, 6.07) is 29.6. The van der Waals surface area contributed by atoms with Gasteiger partial charge in [-0.25, -0.2) is 19.4 Å². The molecule has 1 saturated heterocycles. The molecule has 0 aromatic heterocycles. The molecule has 8 bridgehead atoms. The molecule has 9 aliphatic rings. The minimum Gasteiger partial charge on any atom is -0.497 e. The number of thioether (sulfide) groups is 1. The summed E-state index contributed by atoms with van der Waals surface area (Å²) in [5, 5.41) is 42.0. The zero-order valence-electron chi connectivity index (χ0n) is 79.6. The van der Waals surface area contributed by atoms with Gasteiger partial charge >= 0.3 is 12.2 Å². The average molecular weight is 1940 g/mol. The molecule has 9 heterocycles. The van der Waals surface area contributed by atoms with Crippen molar-refractivity contribution in [2.24, 2.45) is 5.92 Å². The smallest absolute Gasteiger partial charge is 0.416 e. The Kier molecular flexibility index (Phi) is 39.2. The van der Waals surface area contributed by atoms with Crippen molar-refractivity contribution >= 4 is 123 Å². The lowest BCUT2D eigenvalue weighted by Gasteiger charge is -2.31. The summed E-state index contributed by atoms with van der Waals surface area (Å²) >= 11 is 1.33. The summed E-state index contributed by atoms with van der Waals surface area (Å²) in [5.41, 5.74) is 6.23. The van der Waals surface area contributed by atoms with E-state index < -0.39 is 78.3 Å². The molecule has 139 heavy (non-hydrogen) atoms. The maximum atomic E-state index is 15.2. The normalized spacial score (nSPS) is 20.4. The molecule has 0 aliphatic carbocycles. The van der Waals surface area contributed by atoms with E-state index in [1.165, 1.54) is 52.6 Å². The second kappa shape index (κ2) is 51.8. The highest BCUT2D eigenvalue weighted by atomic mass is 32.2. The Morgan fingerprint density at radius 3 is 1.65 bits per heavy atom. The number of nitrogens with one attached hydrogen (secondary N) is 6. The van der Waals surface area contributed by atoms with Crippen molar-refractivity contribution < 1.29 is 120 Å². The molecule has 6 aromatic rings. The van der Waals surface area contributed by atoms with Gasteiger partial charge in [-0.05, 0) is 151 Å². The van der Waals surface area contributed by atoms with Crippen molar-refractivity contribution in [1.82, 2.24) is 41.3 Å². The zero-order chi connectivity index (χ0) is 99.2. The van der Waals surface area contributed by atoms with E-state index in [9.17, 15) is 72.5 Å². The molecule has 1 fully saturated rings. The fourth-order valence-electron chi connectivity index (χ4n) is 16.8. The summed E-state index contributed by atoms with van der Waals surface area (Å²) in [4.78, 5) is 195. The molecular weight excluding hydrogens is 1810 g/mol. The third-order valence-electron chi connectivity index (χ3n) is 24.6. The fraction of sp³-hybridized carbons (Fsp3) is 0.471. The van der Waals surface area contributed by atoms with Crippen molar-refractivity contribution in [2.75, 3.05) is 141 Å². The van der Waals surface area contributed by atoms with Crippen LogP contribution < -0.4 is 60.6 Å². The largest absolute Gasteiger partial charge is 0.497 e. The van der Waals surface area contributed by atoms with Crippen molar-refractivity contribution in [1.29, 1.82) is 0 Å². The number of carbonyl (C=O) groups is 14. The van der Waals surface area contributed by atoms with Crippen LogP contribution in [-0.4, -0.2) is 275 Å². The number of methoxy groups -OCH3 is 2. The fourth-order valence-corrected chi connectivity index (χ4v) is 17.5. The SMILES string of the molecule is COc1ccc(C2=C[C@H]3C(O)N4C(=O)OCc5ccc(cc5)CC(=O)CNCCOCCCC(=O)CCC(=O)NCCOCCNCC(=O)Cc5ccc(cc5)COC(=O)N5c6cc(c(OC)cc6C(=O)N6CC(c7ccc(NC(=O)[C@H](C)NC(=O)[C@@H](NC(=O)CCOCCCC(=O)CCCN8C(=O)CC(SC)C8=O)C(C)C)cc7)=C[C@H]6C5O)OCCCCCOc5cc4c(cc5C)C(=O)N3C2)cc1. The Morgan fingerprint density at radius 2 is 1.09 bits per heavy atom. The standard InChI is InChI=1S/C102H125N11O25S/c1-63(2)93(108-91(119)35-44-132-40-12-15-75(114)14-11-39-109-92(120)56-89(139-7)100(109)127)95(122)106-65(4)94(121)107-74-29-25-70(26-30-74)72-51-85-99(126)113-83-55-88(87(131-6)53-81(83)97(124)111(85)59-72)136-43-10-8-9-42-135-86-54-82-80(48-64(86)3)96(123)110-60-73(71-27-32-79(130-5)33-28-71)52-84(110)98(125)112(82)101(128)137-61-68-21-17-66(18-22-68)49-77(116)57-103-36-45-133-41-13-16-76(115)31-34-90(118)105-38-47-134-46-37-104-58-78(117)50-67-19-23-69(24-20-67)62-138-102(113)129/h17-30,32-33,48,51-55,63,65,84-85,89,93,98-99,103-104,125-126H,8-16,31,34-47,49-50,56-62H2,1-7H3,(H,105,118)(H,106,122)(H,107,121)(H,108,119)/t65-,84-,85-,89?,93-,98?,99?/m0/s1. The van der Waals surface area contributed by atoms with Crippen molar-refractivity contribution in [3.05, 3.63) is 184 Å². The second-order valence-corrected chi connectivity index (χ2v) is 36.2. The van der Waals surface area contributed by atoms with E-state index >= 15 is 4.79 Å². The van der Waals surface area contributed by atoms with Gasteiger partial charge in [0, 0.05) is 128 Å². The number of nitrogens with zero attached hydrogens (tertiary/aromatic N) is 5. The van der Waals surface area contributed by atoms with E-state index in [-0.39, 0.29) is 236 Å². The third kappa shape index (κ3) is 29.2. The number of anilines is 3. The van der Waals surface area contributed by atoms with E-state index in [4.69, 9.17) is 42.6 Å². The number of aryl methyl sites for hydroxylation is 1. The van der Waals surface area contributed by atoms with Crippen LogP contribution in [0.25, 0.3) is 11.1 Å². The third-order valence-corrected chi connectivity index (χ3v) is 25.5. The Hall–Kier alpha value is -12.8. The van der Waals surface area contributed by atoms with Gasteiger partial charge in [-0.3, -0.25) is 62.4 Å². The monoisotopic (exact) mass is 1940 g/mol. The molecule has 0 saturated carbocycles. The number of rotatable bonds is 22. The summed E-state index contributed by atoms with van der Waals surface area (Å²) < 4.78 is 53.0. The van der Waals surface area contributed by atoms with Crippen LogP contribution in [0.4, 0.5) is 26.7 Å². The molecule has 0 spiro atoms. The van der Waals surface area contributed by atoms with Crippen molar-refractivity contribution in [3.8, 4) is 23.0 Å². The number of ether oxygens (including phenoxy) is 9. The molecule has 3 unspecified atom stereocenters. The summed E-state index contributed by atoms with van der Waals surface area (Å²) in [6.45, 7) is 9.18. The first-order valence-corrected chi connectivity index (χ1v) is 48.5. The van der Waals surface area contributed by atoms with Gasteiger partial charge in [-0.1, -0.05) is 98.8 Å². The number of likely N-dealkylation sites (tertiary alicyclic amines) is 1. The van der Waals surface area contributed by atoms with Crippen LogP contribution in [0.3, 0.4) is 0 Å². The summed E-state index contributed by atoms with van der Waals surface area (Å²) in [7, 11) is 2.95. The molecular formula is C102H125N11O25S. The number of carbonyl (C=O) groups excluding carboxylic acids is 14. The van der Waals surface area contributed by atoms with Gasteiger partial charge in [0.25, 0.3) is 11.8 Å². The molecule has 744 valence electrons. The first kappa shape index (κ1) is 105. The number of Topliss-reactive ketones (excluding diaryl/α,β-unsaturated/α-hetero) is 4. The van der Waals surface area contributed by atoms with E-state index in [2.05, 4.69) is 31.9 Å². The van der Waals surface area contributed by atoms with E-state index in [1.807, 2.05) is 12.1 Å². The lowest BCUT2D eigenvalue weighted by atomic mass is 10.0. The van der Waals surface area contributed by atoms with Gasteiger partial charge in [-0.15, -0.1) is 0 Å². The number of aliphatic hydroxyl groups excluding tert-OH is 2. The van der Waals surface area contributed by atoms with E-state index in [0.717, 1.165) is 26.5 Å². The highest BCUT2D eigenvalue weighted by molar-refractivity contribution is 8.00. The quantitative estimate of drug-likeness (QED) is 0.0232. The summed E-state index contributed by atoms with van der Waals surface area (Å²) in [6.07, 6.45) is 3.60. The van der Waals surface area contributed by atoms with Gasteiger partial charge in [0.1, 0.15) is 48.4 Å². The number of ketones is 4. The first-order chi connectivity index (χ1) is 67.1. The van der Waals surface area contributed by atoms with Crippen LogP contribution in [0.15, 0.2) is 133 Å². The molecule has 6 aromatic carbocycles. The number of imide groups is 1. The topological polar surface area (TPSA) is 451 Å².